The molecule has 17 heavy (non-hydrogen) atoms. The number of nitrogens with zero attached hydrogens (tertiary/aromatic N) is 1. The van der Waals surface area contributed by atoms with E-state index >= 15 is 0 Å². The van der Waals surface area contributed by atoms with Gasteiger partial charge in [-0.3, -0.25) is 0 Å². The van der Waals surface area contributed by atoms with Crippen LogP contribution in [0.3, 0.4) is 0 Å². The van der Waals surface area contributed by atoms with Crippen LogP contribution >= 0.6 is 11.6 Å². The molecule has 2 aromatic heterocycles. The summed E-state index contributed by atoms with van der Waals surface area (Å²) in [6.07, 6.45) is 1.66. The molecule has 0 fully saturated rings. The number of pyridine rings is 1. The van der Waals surface area contributed by atoms with Crippen molar-refractivity contribution in [2.75, 3.05) is 0 Å². The van der Waals surface area contributed by atoms with Crippen molar-refractivity contribution in [1.29, 1.82) is 0 Å². The molecule has 3 aromatic rings. The van der Waals surface area contributed by atoms with Crippen molar-refractivity contribution in [2.24, 2.45) is 0 Å². The predicted molar refractivity (Wildman–Crippen MR) is 66.5 cm³/mol. The van der Waals surface area contributed by atoms with Gasteiger partial charge in [0.15, 0.2) is 5.15 Å². The molecule has 2 nitrogen and oxygen atoms in total. The fourth-order valence-corrected chi connectivity index (χ4v) is 2.02. The first-order chi connectivity index (χ1) is 8.24. The lowest BCUT2D eigenvalue weighted by atomic mass is 10.1. The van der Waals surface area contributed by atoms with Gasteiger partial charge in [-0.2, -0.15) is 0 Å². The fourth-order valence-electron chi connectivity index (χ4n) is 1.81. The van der Waals surface area contributed by atoms with Crippen molar-refractivity contribution in [2.45, 2.75) is 0 Å². The second-order valence-electron chi connectivity index (χ2n) is 3.76. The Labute approximate surface area is 102 Å². The van der Waals surface area contributed by atoms with Crippen molar-refractivity contribution in [3.05, 3.63) is 53.6 Å². The van der Waals surface area contributed by atoms with E-state index in [0.717, 1.165) is 22.2 Å². The van der Waals surface area contributed by atoms with Crippen LogP contribution in [0.5, 0.6) is 0 Å². The van der Waals surface area contributed by atoms with Gasteiger partial charge >= 0.3 is 0 Å². The topological polar surface area (TPSA) is 28.7 Å². The minimum atomic E-state index is -0.246. The number of H-pyrrole nitrogens is 1. The van der Waals surface area contributed by atoms with Crippen molar-refractivity contribution in [1.82, 2.24) is 9.97 Å². The molecule has 4 heteroatoms. The SMILES string of the molecule is Fc1ccc(-c2cc3ccnc(Cl)c3[nH]2)cc1. The van der Waals surface area contributed by atoms with Crippen molar-refractivity contribution in [3.8, 4) is 11.3 Å². The first-order valence-electron chi connectivity index (χ1n) is 5.13. The largest absolute Gasteiger partial charge is 0.352 e. The summed E-state index contributed by atoms with van der Waals surface area (Å²) in [6, 6.07) is 10.2. The van der Waals surface area contributed by atoms with E-state index < -0.39 is 0 Å². The highest BCUT2D eigenvalue weighted by Gasteiger charge is 2.06. The Morgan fingerprint density at radius 1 is 1.12 bits per heavy atom. The molecular weight excluding hydrogens is 239 g/mol. The highest BCUT2D eigenvalue weighted by Crippen LogP contribution is 2.27. The third kappa shape index (κ3) is 1.78. The highest BCUT2D eigenvalue weighted by molar-refractivity contribution is 6.33. The first-order valence-corrected chi connectivity index (χ1v) is 5.51. The Hall–Kier alpha value is -1.87. The average Bonchev–Trinajstić information content (AvgIpc) is 2.75. The standard InChI is InChI=1S/C13H8ClFN2/c14-13-12-9(5-6-16-13)7-11(17-12)8-1-3-10(15)4-2-8/h1-7,17H. The minimum Gasteiger partial charge on any atom is -0.352 e. The Balaban J connectivity index is 2.18. The molecule has 1 aromatic carbocycles. The van der Waals surface area contributed by atoms with Gasteiger partial charge in [-0.15, -0.1) is 0 Å². The van der Waals surface area contributed by atoms with Gasteiger partial charge in [0.1, 0.15) is 5.82 Å². The van der Waals surface area contributed by atoms with Gasteiger partial charge < -0.3 is 4.98 Å². The smallest absolute Gasteiger partial charge is 0.153 e. The highest BCUT2D eigenvalue weighted by atomic mass is 35.5. The molecule has 0 unspecified atom stereocenters. The van der Waals surface area contributed by atoms with Crippen LogP contribution in [0, 0.1) is 5.82 Å². The monoisotopic (exact) mass is 246 g/mol. The van der Waals surface area contributed by atoms with E-state index in [9.17, 15) is 4.39 Å². The van der Waals surface area contributed by atoms with E-state index in [1.54, 1.807) is 18.3 Å². The maximum atomic E-state index is 12.8. The zero-order chi connectivity index (χ0) is 11.8. The molecule has 0 atom stereocenters. The van der Waals surface area contributed by atoms with Gasteiger partial charge in [0, 0.05) is 17.3 Å². The number of hydrogen-bond donors (Lipinski definition) is 1. The second kappa shape index (κ2) is 3.86. The molecule has 0 saturated heterocycles. The van der Waals surface area contributed by atoms with Gasteiger partial charge in [-0.25, -0.2) is 9.37 Å². The number of aromatic amines is 1. The number of rotatable bonds is 1. The van der Waals surface area contributed by atoms with Gasteiger partial charge in [-0.05, 0) is 42.0 Å². The molecule has 3 rings (SSSR count). The Bertz CT molecular complexity index is 673. The van der Waals surface area contributed by atoms with Gasteiger partial charge in [0.2, 0.25) is 0 Å². The molecular formula is C13H8ClFN2. The van der Waals surface area contributed by atoms with Crippen LogP contribution < -0.4 is 0 Å². The van der Waals surface area contributed by atoms with Crippen LogP contribution in [0.15, 0.2) is 42.6 Å². The Kier molecular flexibility index (Phi) is 2.34. The van der Waals surface area contributed by atoms with Crippen LogP contribution in [0.2, 0.25) is 5.15 Å². The number of aromatic nitrogens is 2. The maximum Gasteiger partial charge on any atom is 0.153 e. The van der Waals surface area contributed by atoms with Crippen LogP contribution in [0.25, 0.3) is 22.2 Å². The quantitative estimate of drug-likeness (QED) is 0.646. The van der Waals surface area contributed by atoms with Crippen LogP contribution in [-0.2, 0) is 0 Å². The van der Waals surface area contributed by atoms with E-state index in [4.69, 9.17) is 11.6 Å². The van der Waals surface area contributed by atoms with Crippen LogP contribution in [0.1, 0.15) is 0 Å². The average molecular weight is 247 g/mol. The molecule has 0 aliphatic carbocycles. The summed E-state index contributed by atoms with van der Waals surface area (Å²) in [7, 11) is 0. The Morgan fingerprint density at radius 2 is 1.88 bits per heavy atom. The van der Waals surface area contributed by atoms with E-state index in [1.807, 2.05) is 12.1 Å². The number of fused-ring (bicyclic) bond motifs is 1. The first kappa shape index (κ1) is 10.3. The molecule has 0 spiro atoms. The molecule has 1 N–H and O–H groups in total. The summed E-state index contributed by atoms with van der Waals surface area (Å²) in [5.41, 5.74) is 2.61. The van der Waals surface area contributed by atoms with E-state index in [-0.39, 0.29) is 5.82 Å². The van der Waals surface area contributed by atoms with Crippen LogP contribution in [-0.4, -0.2) is 9.97 Å². The molecule has 2 heterocycles. The summed E-state index contributed by atoms with van der Waals surface area (Å²) in [4.78, 5) is 7.19. The van der Waals surface area contributed by atoms with Gasteiger partial charge in [-0.1, -0.05) is 11.6 Å². The molecule has 84 valence electrons. The summed E-state index contributed by atoms with van der Waals surface area (Å²) in [5, 5.41) is 1.43. The van der Waals surface area contributed by atoms with Crippen molar-refractivity contribution in [3.63, 3.8) is 0 Å². The summed E-state index contributed by atoms with van der Waals surface area (Å²) >= 11 is 5.98. The van der Waals surface area contributed by atoms with Gasteiger partial charge in [0.05, 0.1) is 5.52 Å². The lowest BCUT2D eigenvalue weighted by molar-refractivity contribution is 0.628. The van der Waals surface area contributed by atoms with Crippen molar-refractivity contribution < 1.29 is 4.39 Å². The molecule has 0 radical (unpaired) electrons. The van der Waals surface area contributed by atoms with Gasteiger partial charge in [0.25, 0.3) is 0 Å². The summed E-state index contributed by atoms with van der Waals surface area (Å²) in [6.45, 7) is 0. The van der Waals surface area contributed by atoms with E-state index in [2.05, 4.69) is 9.97 Å². The molecule has 0 bridgehead atoms. The Morgan fingerprint density at radius 3 is 2.59 bits per heavy atom. The molecule has 0 aliphatic rings. The molecule has 0 amide bonds. The number of hydrogen-bond acceptors (Lipinski definition) is 1. The predicted octanol–water partition coefficient (Wildman–Crippen LogP) is 4.02. The lowest BCUT2D eigenvalue weighted by Gasteiger charge is -1.96. The number of halogens is 2. The lowest BCUT2D eigenvalue weighted by Crippen LogP contribution is -1.79. The third-order valence-electron chi connectivity index (χ3n) is 2.65. The normalized spacial score (nSPS) is 10.9. The number of nitrogens with one attached hydrogen (secondary N) is 1. The summed E-state index contributed by atoms with van der Waals surface area (Å²) in [5.74, 6) is -0.246. The second-order valence-corrected chi connectivity index (χ2v) is 4.11. The maximum absolute atomic E-state index is 12.8. The minimum absolute atomic E-state index is 0.246. The third-order valence-corrected chi connectivity index (χ3v) is 2.94. The summed E-state index contributed by atoms with van der Waals surface area (Å²) < 4.78 is 12.8. The molecule has 0 aliphatic heterocycles. The van der Waals surface area contributed by atoms with Crippen molar-refractivity contribution >= 4 is 22.5 Å². The zero-order valence-corrected chi connectivity index (χ0v) is 9.50. The van der Waals surface area contributed by atoms with Crippen LogP contribution in [0.4, 0.5) is 4.39 Å². The number of benzene rings is 1. The fraction of sp³-hybridized carbons (Fsp3) is 0. The zero-order valence-electron chi connectivity index (χ0n) is 8.74. The van der Waals surface area contributed by atoms with E-state index in [0.29, 0.717) is 5.15 Å². The van der Waals surface area contributed by atoms with E-state index in [1.165, 1.54) is 12.1 Å². The molecule has 0 saturated carbocycles.